The quantitative estimate of drug-likeness (QED) is 0.741. The molecule has 27 heavy (non-hydrogen) atoms. The third-order valence-electron chi connectivity index (χ3n) is 6.44. The van der Waals surface area contributed by atoms with Crippen LogP contribution >= 0.6 is 0 Å². The zero-order valence-electron chi connectivity index (χ0n) is 16.8. The molecule has 0 unspecified atom stereocenters. The van der Waals surface area contributed by atoms with Gasteiger partial charge in [0.15, 0.2) is 5.76 Å². The van der Waals surface area contributed by atoms with Gasteiger partial charge in [-0.1, -0.05) is 27.7 Å². The van der Waals surface area contributed by atoms with Crippen molar-refractivity contribution in [3.05, 3.63) is 23.2 Å². The number of esters is 2. The number of carbonyl (C=O) groups is 3. The monoisotopic (exact) mass is 376 g/mol. The maximum Gasteiger partial charge on any atom is 0.309 e. The molecular formula is C21H28O6. The van der Waals surface area contributed by atoms with Gasteiger partial charge in [-0.05, 0) is 25.3 Å². The molecule has 2 aliphatic rings. The number of ketones is 1. The van der Waals surface area contributed by atoms with Crippen molar-refractivity contribution in [3.8, 4) is 0 Å². The molecule has 1 aromatic heterocycles. The van der Waals surface area contributed by atoms with E-state index in [0.717, 1.165) is 5.56 Å². The number of Topliss-reactive ketones (excluding diaryl/α,β-unsaturated/α-hetero) is 1. The van der Waals surface area contributed by atoms with Crippen LogP contribution in [-0.2, 0) is 19.1 Å². The maximum atomic E-state index is 13.2. The molecule has 0 aliphatic heterocycles. The Labute approximate surface area is 159 Å². The highest BCUT2D eigenvalue weighted by Crippen LogP contribution is 2.60. The molecule has 0 spiro atoms. The minimum absolute atomic E-state index is 0.0504. The summed E-state index contributed by atoms with van der Waals surface area (Å²) in [7, 11) is 0. The molecule has 6 nitrogen and oxygen atoms in total. The van der Waals surface area contributed by atoms with Gasteiger partial charge in [0.05, 0.1) is 12.2 Å². The van der Waals surface area contributed by atoms with Gasteiger partial charge in [-0.25, -0.2) is 0 Å². The van der Waals surface area contributed by atoms with Crippen molar-refractivity contribution in [2.75, 3.05) is 0 Å². The standard InChI is InChI=1S/C21H28O6/c1-10(2)20(24)27-19-16-11(3)9-25-18(16)17(23)14-7-8-15(26-13(5)22)12(4)21(14,19)6/h9-10,12,14-15,19H,7-8H2,1-6H3/t12-,14+,15+,19-,21-/m1/s1. The number of aryl methyl sites for hydroxylation is 1. The average molecular weight is 376 g/mol. The third-order valence-corrected chi connectivity index (χ3v) is 6.44. The van der Waals surface area contributed by atoms with Crippen molar-refractivity contribution in [3.63, 3.8) is 0 Å². The van der Waals surface area contributed by atoms with Crippen molar-refractivity contribution in [1.82, 2.24) is 0 Å². The van der Waals surface area contributed by atoms with E-state index in [-0.39, 0.29) is 41.6 Å². The smallest absolute Gasteiger partial charge is 0.309 e. The number of hydrogen-bond donors (Lipinski definition) is 0. The van der Waals surface area contributed by atoms with Gasteiger partial charge < -0.3 is 13.9 Å². The highest BCUT2D eigenvalue weighted by atomic mass is 16.6. The first-order chi connectivity index (χ1) is 12.6. The summed E-state index contributed by atoms with van der Waals surface area (Å²) in [4.78, 5) is 37.2. The molecule has 3 rings (SSSR count). The summed E-state index contributed by atoms with van der Waals surface area (Å²) in [5, 5.41) is 0. The molecule has 0 bridgehead atoms. The normalized spacial score (nSPS) is 32.6. The number of fused-ring (bicyclic) bond motifs is 2. The molecule has 0 saturated heterocycles. The molecule has 5 atom stereocenters. The zero-order valence-corrected chi connectivity index (χ0v) is 16.8. The van der Waals surface area contributed by atoms with Gasteiger partial charge in [0.2, 0.25) is 5.78 Å². The molecule has 148 valence electrons. The van der Waals surface area contributed by atoms with Crippen LogP contribution in [0.15, 0.2) is 10.7 Å². The highest BCUT2D eigenvalue weighted by molar-refractivity contribution is 5.99. The molecule has 1 saturated carbocycles. The van der Waals surface area contributed by atoms with Crippen LogP contribution < -0.4 is 0 Å². The Bertz CT molecular complexity index is 776. The van der Waals surface area contributed by atoms with Gasteiger partial charge in [-0.3, -0.25) is 14.4 Å². The van der Waals surface area contributed by atoms with E-state index in [1.165, 1.54) is 6.92 Å². The van der Waals surface area contributed by atoms with E-state index in [2.05, 4.69) is 0 Å². The van der Waals surface area contributed by atoms with Crippen LogP contribution in [0, 0.1) is 30.1 Å². The summed E-state index contributed by atoms with van der Waals surface area (Å²) in [6.07, 6.45) is 1.79. The van der Waals surface area contributed by atoms with E-state index in [9.17, 15) is 14.4 Å². The SMILES string of the molecule is CC(=O)O[C@H]1CC[C@H]2C(=O)c3occ(C)c3[C@@H](OC(=O)C(C)C)[C@]2(C)[C@@H]1C. The lowest BCUT2D eigenvalue weighted by Gasteiger charge is -2.53. The zero-order chi connectivity index (χ0) is 20.1. The second-order valence-corrected chi connectivity index (χ2v) is 8.43. The van der Waals surface area contributed by atoms with Crippen LogP contribution in [0.5, 0.6) is 0 Å². The van der Waals surface area contributed by atoms with Gasteiger partial charge in [-0.15, -0.1) is 0 Å². The largest absolute Gasteiger partial charge is 0.462 e. The van der Waals surface area contributed by atoms with Crippen LogP contribution in [0.25, 0.3) is 0 Å². The first-order valence-electron chi connectivity index (χ1n) is 9.58. The number of hydrogen-bond acceptors (Lipinski definition) is 6. The number of furan rings is 1. The molecule has 1 fully saturated rings. The van der Waals surface area contributed by atoms with Crippen molar-refractivity contribution in [1.29, 1.82) is 0 Å². The van der Waals surface area contributed by atoms with Crippen molar-refractivity contribution >= 4 is 17.7 Å². The Morgan fingerprint density at radius 3 is 2.52 bits per heavy atom. The topological polar surface area (TPSA) is 82.8 Å². The maximum absolute atomic E-state index is 13.2. The van der Waals surface area contributed by atoms with Crippen LogP contribution in [0.2, 0.25) is 0 Å². The third kappa shape index (κ3) is 2.99. The number of ether oxygens (including phenoxy) is 2. The molecule has 0 radical (unpaired) electrons. The molecule has 0 aromatic carbocycles. The summed E-state index contributed by atoms with van der Waals surface area (Å²) in [5.74, 6) is -1.20. The van der Waals surface area contributed by atoms with E-state index >= 15 is 0 Å². The van der Waals surface area contributed by atoms with Gasteiger partial charge in [0.25, 0.3) is 0 Å². The van der Waals surface area contributed by atoms with Crippen LogP contribution in [0.3, 0.4) is 0 Å². The fourth-order valence-electron chi connectivity index (χ4n) is 4.70. The lowest BCUT2D eigenvalue weighted by Crippen LogP contribution is -2.55. The van der Waals surface area contributed by atoms with Gasteiger partial charge >= 0.3 is 11.9 Å². The Kier molecular flexibility index (Phi) is 4.95. The Morgan fingerprint density at radius 1 is 1.26 bits per heavy atom. The lowest BCUT2D eigenvalue weighted by atomic mass is 9.53. The summed E-state index contributed by atoms with van der Waals surface area (Å²) in [5.41, 5.74) is 0.770. The minimum atomic E-state index is -0.679. The Hall–Kier alpha value is -2.11. The first-order valence-corrected chi connectivity index (χ1v) is 9.58. The molecule has 1 heterocycles. The fourth-order valence-corrected chi connectivity index (χ4v) is 4.70. The second-order valence-electron chi connectivity index (χ2n) is 8.43. The van der Waals surface area contributed by atoms with E-state index in [1.54, 1.807) is 20.1 Å². The van der Waals surface area contributed by atoms with Gasteiger partial charge in [0.1, 0.15) is 12.2 Å². The van der Waals surface area contributed by atoms with E-state index in [0.29, 0.717) is 24.2 Å². The van der Waals surface area contributed by atoms with Crippen LogP contribution in [0.1, 0.15) is 75.2 Å². The van der Waals surface area contributed by atoms with E-state index in [4.69, 9.17) is 13.9 Å². The fraction of sp³-hybridized carbons (Fsp3) is 0.667. The highest BCUT2D eigenvalue weighted by Gasteiger charge is 2.61. The van der Waals surface area contributed by atoms with E-state index in [1.807, 2.05) is 20.8 Å². The van der Waals surface area contributed by atoms with Gasteiger partial charge in [0, 0.05) is 29.7 Å². The number of carbonyl (C=O) groups excluding carboxylic acids is 3. The molecule has 0 amide bonds. The van der Waals surface area contributed by atoms with Crippen LogP contribution in [-0.4, -0.2) is 23.8 Å². The number of rotatable bonds is 3. The van der Waals surface area contributed by atoms with E-state index < -0.39 is 11.5 Å². The Morgan fingerprint density at radius 2 is 1.93 bits per heavy atom. The summed E-state index contributed by atoms with van der Waals surface area (Å²) < 4.78 is 17.1. The van der Waals surface area contributed by atoms with Crippen molar-refractivity contribution in [2.24, 2.45) is 23.2 Å². The molecule has 0 N–H and O–H groups in total. The predicted molar refractivity (Wildman–Crippen MR) is 97.0 cm³/mol. The minimum Gasteiger partial charge on any atom is -0.462 e. The lowest BCUT2D eigenvalue weighted by molar-refractivity contribution is -0.184. The molecule has 2 aliphatic carbocycles. The Balaban J connectivity index is 2.11. The molecule has 6 heteroatoms. The first kappa shape index (κ1) is 19.6. The van der Waals surface area contributed by atoms with Crippen molar-refractivity contribution < 1.29 is 28.3 Å². The average Bonchev–Trinajstić information content (AvgIpc) is 2.96. The predicted octanol–water partition coefficient (Wildman–Crippen LogP) is 4.01. The van der Waals surface area contributed by atoms with Gasteiger partial charge in [-0.2, -0.15) is 0 Å². The molecular weight excluding hydrogens is 348 g/mol. The summed E-state index contributed by atoms with van der Waals surface area (Å²) in [6, 6.07) is 0. The summed E-state index contributed by atoms with van der Waals surface area (Å²) in [6.45, 7) is 10.8. The van der Waals surface area contributed by atoms with Crippen LogP contribution in [0.4, 0.5) is 0 Å². The summed E-state index contributed by atoms with van der Waals surface area (Å²) >= 11 is 0. The second kappa shape index (κ2) is 6.80. The van der Waals surface area contributed by atoms with Crippen molar-refractivity contribution in [2.45, 2.75) is 66.6 Å². The molecule has 1 aromatic rings.